The van der Waals surface area contributed by atoms with Crippen molar-refractivity contribution in [1.82, 2.24) is 14.8 Å². The second-order valence-electron chi connectivity index (χ2n) is 4.96. The van der Waals surface area contributed by atoms with Crippen molar-refractivity contribution in [2.24, 2.45) is 7.05 Å². The average molecular weight is 259 g/mol. The molecule has 1 aliphatic rings. The van der Waals surface area contributed by atoms with Gasteiger partial charge in [0.25, 0.3) is 0 Å². The fourth-order valence-electron chi connectivity index (χ4n) is 2.69. The van der Waals surface area contributed by atoms with Gasteiger partial charge < -0.3 is 9.84 Å². The number of pyridine rings is 1. The first-order chi connectivity index (χ1) is 9.09. The molecule has 2 aromatic heterocycles. The molecule has 0 saturated heterocycles. The Labute approximate surface area is 111 Å². The quantitative estimate of drug-likeness (QED) is 0.846. The van der Waals surface area contributed by atoms with Crippen LogP contribution in [0.25, 0.3) is 11.1 Å². The molecular formula is C14H17N3O2. The van der Waals surface area contributed by atoms with Crippen LogP contribution in [0.5, 0.6) is 0 Å². The summed E-state index contributed by atoms with van der Waals surface area (Å²) >= 11 is 0. The van der Waals surface area contributed by atoms with Gasteiger partial charge in [0.05, 0.1) is 18.9 Å². The molecule has 0 fully saturated rings. The molecule has 0 bridgehead atoms. The van der Waals surface area contributed by atoms with E-state index in [9.17, 15) is 5.11 Å². The van der Waals surface area contributed by atoms with Gasteiger partial charge >= 0.3 is 0 Å². The molecule has 1 N–H and O–H groups in total. The van der Waals surface area contributed by atoms with Crippen LogP contribution in [0.3, 0.4) is 0 Å². The van der Waals surface area contributed by atoms with E-state index in [0.29, 0.717) is 13.2 Å². The predicted octanol–water partition coefficient (Wildman–Crippen LogP) is 1.66. The zero-order valence-corrected chi connectivity index (χ0v) is 11.3. The van der Waals surface area contributed by atoms with Gasteiger partial charge in [-0.15, -0.1) is 0 Å². The first kappa shape index (κ1) is 12.3. The van der Waals surface area contributed by atoms with E-state index in [1.54, 1.807) is 6.20 Å². The molecule has 5 nitrogen and oxygen atoms in total. The van der Waals surface area contributed by atoms with Crippen molar-refractivity contribution in [3.63, 3.8) is 0 Å². The molecule has 2 aromatic rings. The zero-order valence-electron chi connectivity index (χ0n) is 11.3. The highest BCUT2D eigenvalue weighted by Crippen LogP contribution is 2.35. The van der Waals surface area contributed by atoms with Crippen molar-refractivity contribution in [3.05, 3.63) is 34.9 Å². The van der Waals surface area contributed by atoms with Crippen molar-refractivity contribution >= 4 is 0 Å². The van der Waals surface area contributed by atoms with Crippen molar-refractivity contribution in [1.29, 1.82) is 0 Å². The number of aryl methyl sites for hydroxylation is 2. The number of hydrogen-bond donors (Lipinski definition) is 1. The SMILES string of the molecule is Cc1nn(C)c(C)c1-c1cncc2c1COCC2O. The van der Waals surface area contributed by atoms with Gasteiger partial charge in [-0.2, -0.15) is 5.10 Å². The summed E-state index contributed by atoms with van der Waals surface area (Å²) < 4.78 is 7.32. The number of aliphatic hydroxyl groups is 1. The zero-order chi connectivity index (χ0) is 13.6. The lowest BCUT2D eigenvalue weighted by Crippen LogP contribution is -2.17. The number of hydrogen-bond acceptors (Lipinski definition) is 4. The lowest BCUT2D eigenvalue weighted by Gasteiger charge is -2.23. The fourth-order valence-corrected chi connectivity index (χ4v) is 2.69. The Hall–Kier alpha value is -1.72. The van der Waals surface area contributed by atoms with Crippen LogP contribution in [0.2, 0.25) is 0 Å². The number of nitrogens with zero attached hydrogens (tertiary/aromatic N) is 3. The van der Waals surface area contributed by atoms with E-state index in [1.807, 2.05) is 31.8 Å². The molecule has 0 spiro atoms. The number of ether oxygens (including phenoxy) is 1. The maximum Gasteiger partial charge on any atom is 0.104 e. The first-order valence-corrected chi connectivity index (χ1v) is 6.32. The minimum Gasteiger partial charge on any atom is -0.386 e. The van der Waals surface area contributed by atoms with Gasteiger partial charge in [-0.05, 0) is 19.4 Å². The van der Waals surface area contributed by atoms with E-state index in [4.69, 9.17) is 4.74 Å². The predicted molar refractivity (Wildman–Crippen MR) is 70.5 cm³/mol. The van der Waals surface area contributed by atoms with Gasteiger partial charge in [0.2, 0.25) is 0 Å². The van der Waals surface area contributed by atoms with Crippen LogP contribution in [-0.2, 0) is 18.4 Å². The van der Waals surface area contributed by atoms with Crippen LogP contribution in [0, 0.1) is 13.8 Å². The highest BCUT2D eigenvalue weighted by atomic mass is 16.5. The van der Waals surface area contributed by atoms with Crippen LogP contribution >= 0.6 is 0 Å². The van der Waals surface area contributed by atoms with Crippen LogP contribution in [0.15, 0.2) is 12.4 Å². The van der Waals surface area contributed by atoms with E-state index in [-0.39, 0.29) is 0 Å². The summed E-state index contributed by atoms with van der Waals surface area (Å²) in [6, 6.07) is 0. The van der Waals surface area contributed by atoms with E-state index in [0.717, 1.165) is 33.6 Å². The molecular weight excluding hydrogens is 242 g/mol. The van der Waals surface area contributed by atoms with Crippen molar-refractivity contribution in [2.75, 3.05) is 6.61 Å². The Morgan fingerprint density at radius 1 is 1.37 bits per heavy atom. The third kappa shape index (κ3) is 1.86. The summed E-state index contributed by atoms with van der Waals surface area (Å²) in [6.45, 7) is 4.87. The van der Waals surface area contributed by atoms with Crippen LogP contribution in [0.1, 0.15) is 28.6 Å². The Morgan fingerprint density at radius 3 is 2.84 bits per heavy atom. The topological polar surface area (TPSA) is 60.2 Å². The van der Waals surface area contributed by atoms with Crippen molar-refractivity contribution < 1.29 is 9.84 Å². The second-order valence-corrected chi connectivity index (χ2v) is 4.96. The Balaban J connectivity index is 2.24. The minimum atomic E-state index is -0.589. The van der Waals surface area contributed by atoms with Crippen LogP contribution in [0.4, 0.5) is 0 Å². The van der Waals surface area contributed by atoms with Crippen molar-refractivity contribution in [2.45, 2.75) is 26.6 Å². The maximum absolute atomic E-state index is 9.99. The number of aliphatic hydroxyl groups excluding tert-OH is 1. The molecule has 1 atom stereocenters. The smallest absolute Gasteiger partial charge is 0.104 e. The maximum atomic E-state index is 9.99. The Morgan fingerprint density at radius 2 is 2.16 bits per heavy atom. The average Bonchev–Trinajstić information content (AvgIpc) is 2.64. The highest BCUT2D eigenvalue weighted by molar-refractivity contribution is 5.72. The molecule has 0 saturated carbocycles. The standard InChI is InChI=1S/C14H17N3O2/c1-8-14(9(2)17(3)16-8)11-5-15-4-10-12(11)6-19-7-13(10)18/h4-5,13,18H,6-7H2,1-3H3. The first-order valence-electron chi connectivity index (χ1n) is 6.32. The summed E-state index contributed by atoms with van der Waals surface area (Å²) in [7, 11) is 1.93. The van der Waals surface area contributed by atoms with Crippen LogP contribution in [-0.4, -0.2) is 26.5 Å². The van der Waals surface area contributed by atoms with E-state index >= 15 is 0 Å². The molecule has 3 heterocycles. The summed E-state index contributed by atoms with van der Waals surface area (Å²) in [5, 5.41) is 14.4. The van der Waals surface area contributed by atoms with E-state index in [1.165, 1.54) is 0 Å². The third-order valence-corrected chi connectivity index (χ3v) is 3.75. The molecule has 19 heavy (non-hydrogen) atoms. The van der Waals surface area contributed by atoms with Gasteiger partial charge in [0, 0.05) is 41.8 Å². The van der Waals surface area contributed by atoms with E-state index in [2.05, 4.69) is 10.1 Å². The molecule has 1 unspecified atom stereocenters. The lowest BCUT2D eigenvalue weighted by atomic mass is 9.94. The molecule has 5 heteroatoms. The van der Waals surface area contributed by atoms with Gasteiger partial charge in [0.15, 0.2) is 0 Å². The van der Waals surface area contributed by atoms with Gasteiger partial charge in [0.1, 0.15) is 6.10 Å². The Kier molecular flexibility index (Phi) is 2.88. The summed E-state index contributed by atoms with van der Waals surface area (Å²) in [5.74, 6) is 0. The fraction of sp³-hybridized carbons (Fsp3) is 0.429. The van der Waals surface area contributed by atoms with Crippen molar-refractivity contribution in [3.8, 4) is 11.1 Å². The number of aromatic nitrogens is 3. The third-order valence-electron chi connectivity index (χ3n) is 3.75. The minimum absolute atomic E-state index is 0.336. The second kappa shape index (κ2) is 4.43. The molecule has 1 aliphatic heterocycles. The summed E-state index contributed by atoms with van der Waals surface area (Å²) in [6.07, 6.45) is 2.97. The molecule has 3 rings (SSSR count). The van der Waals surface area contributed by atoms with Gasteiger partial charge in [-0.25, -0.2) is 0 Å². The molecule has 0 aromatic carbocycles. The highest BCUT2D eigenvalue weighted by Gasteiger charge is 2.24. The van der Waals surface area contributed by atoms with Gasteiger partial charge in [-0.1, -0.05) is 0 Å². The van der Waals surface area contributed by atoms with E-state index < -0.39 is 6.10 Å². The monoisotopic (exact) mass is 259 g/mol. The van der Waals surface area contributed by atoms with Gasteiger partial charge in [-0.3, -0.25) is 9.67 Å². The normalized spacial score (nSPS) is 18.4. The molecule has 0 amide bonds. The molecule has 0 aliphatic carbocycles. The largest absolute Gasteiger partial charge is 0.386 e. The Bertz CT molecular complexity index is 634. The van der Waals surface area contributed by atoms with Crippen LogP contribution < -0.4 is 0 Å². The lowest BCUT2D eigenvalue weighted by molar-refractivity contribution is 0.00981. The summed E-state index contributed by atoms with van der Waals surface area (Å²) in [4.78, 5) is 4.26. The molecule has 100 valence electrons. The molecule has 0 radical (unpaired) electrons. The number of rotatable bonds is 1. The summed E-state index contributed by atoms with van der Waals surface area (Å²) in [5.41, 5.74) is 6.05. The number of fused-ring (bicyclic) bond motifs is 1.